The molecule has 0 spiro atoms. The zero-order valence-electron chi connectivity index (χ0n) is 31.4. The van der Waals surface area contributed by atoms with Gasteiger partial charge in [0.1, 0.15) is 17.2 Å². The average molecular weight is 856 g/mol. The Morgan fingerprint density at radius 3 is 1.47 bits per heavy atom. The van der Waals surface area contributed by atoms with Gasteiger partial charge in [0.05, 0.1) is 39.3 Å². The Bertz CT molecular complexity index is 3000. The lowest BCUT2D eigenvalue weighted by Crippen LogP contribution is -1.85. The van der Waals surface area contributed by atoms with Crippen LogP contribution in [0.5, 0.6) is 34.5 Å². The van der Waals surface area contributed by atoms with E-state index in [1.54, 1.807) is 24.4 Å². The molecule has 0 radical (unpaired) electrons. The van der Waals surface area contributed by atoms with Crippen LogP contribution in [-0.4, -0.2) is 31.3 Å². The fourth-order valence-electron chi connectivity index (χ4n) is 6.29. The molecule has 0 aliphatic carbocycles. The Labute approximate surface area is 357 Å². The van der Waals surface area contributed by atoms with Crippen LogP contribution in [0, 0.1) is 0 Å². The number of oxazole rings is 1. The SMILES string of the molecule is Clc1ccc2[nH]c(-c3cnco3)cc2c1Oc1ccccc1.O=Cc1cc2c(Oc3ccccc3)c(Cl)ccc2[nH]1.OCc1cc2c(Oc3ccccc3)c(Cl)ccc2[nH]1. The van der Waals surface area contributed by atoms with Gasteiger partial charge in [-0.1, -0.05) is 89.4 Å². The van der Waals surface area contributed by atoms with Crippen molar-refractivity contribution in [3.05, 3.63) is 185 Å². The van der Waals surface area contributed by atoms with Crippen molar-refractivity contribution in [3.8, 4) is 46.0 Å². The number of hydrogen-bond acceptors (Lipinski definition) is 7. The predicted molar refractivity (Wildman–Crippen MR) is 236 cm³/mol. The zero-order valence-corrected chi connectivity index (χ0v) is 33.6. The molecule has 10 rings (SSSR count). The first kappa shape index (κ1) is 39.9. The summed E-state index contributed by atoms with van der Waals surface area (Å²) >= 11 is 18.7. The van der Waals surface area contributed by atoms with Gasteiger partial charge < -0.3 is 38.7 Å². The smallest absolute Gasteiger partial charge is 0.181 e. The van der Waals surface area contributed by atoms with Crippen LogP contribution < -0.4 is 14.2 Å². The van der Waals surface area contributed by atoms with Crippen molar-refractivity contribution in [1.82, 2.24) is 19.9 Å². The molecule has 0 saturated heterocycles. The number of aromatic nitrogens is 4. The monoisotopic (exact) mass is 854 g/mol. The van der Waals surface area contributed by atoms with Gasteiger partial charge in [-0.15, -0.1) is 0 Å². The highest BCUT2D eigenvalue weighted by Gasteiger charge is 2.15. The summed E-state index contributed by atoms with van der Waals surface area (Å²) < 4.78 is 22.9. The van der Waals surface area contributed by atoms with Crippen molar-refractivity contribution in [2.75, 3.05) is 0 Å². The van der Waals surface area contributed by atoms with Gasteiger partial charge in [0.2, 0.25) is 0 Å². The molecular formula is C47H33Cl3N4O6. The summed E-state index contributed by atoms with van der Waals surface area (Å²) in [7, 11) is 0. The Balaban J connectivity index is 0.000000125. The first-order chi connectivity index (χ1) is 29.4. The molecule has 0 unspecified atom stereocenters. The number of aromatic amines is 3. The third-order valence-electron chi connectivity index (χ3n) is 9.08. The number of carbonyl (C=O) groups excluding carboxylic acids is 1. The second-order valence-corrected chi connectivity index (χ2v) is 14.3. The van der Waals surface area contributed by atoms with Crippen LogP contribution in [0.2, 0.25) is 15.1 Å². The fourth-order valence-corrected chi connectivity index (χ4v) is 6.90. The minimum Gasteiger partial charge on any atom is -0.455 e. The van der Waals surface area contributed by atoms with E-state index in [2.05, 4.69) is 19.9 Å². The molecule has 0 amide bonds. The molecule has 60 heavy (non-hydrogen) atoms. The number of ether oxygens (including phenoxy) is 3. The van der Waals surface area contributed by atoms with E-state index in [9.17, 15) is 9.90 Å². The van der Waals surface area contributed by atoms with Crippen molar-refractivity contribution in [3.63, 3.8) is 0 Å². The van der Waals surface area contributed by atoms with E-state index in [0.29, 0.717) is 49.5 Å². The first-order valence-electron chi connectivity index (χ1n) is 18.4. The number of fused-ring (bicyclic) bond motifs is 3. The van der Waals surface area contributed by atoms with Crippen LogP contribution in [-0.2, 0) is 6.61 Å². The van der Waals surface area contributed by atoms with E-state index < -0.39 is 0 Å². The number of rotatable bonds is 9. The molecule has 6 aromatic carbocycles. The summed E-state index contributed by atoms with van der Waals surface area (Å²) in [5.74, 6) is 4.59. The number of aliphatic hydroxyl groups excluding tert-OH is 1. The summed E-state index contributed by atoms with van der Waals surface area (Å²) in [6.45, 7) is -0.0446. The van der Waals surface area contributed by atoms with E-state index in [0.717, 1.165) is 61.9 Å². The number of para-hydroxylation sites is 3. The maximum Gasteiger partial charge on any atom is 0.181 e. The van der Waals surface area contributed by atoms with Gasteiger partial charge >= 0.3 is 0 Å². The van der Waals surface area contributed by atoms with Crippen molar-refractivity contribution in [2.24, 2.45) is 0 Å². The number of halogens is 3. The maximum absolute atomic E-state index is 10.8. The van der Waals surface area contributed by atoms with Gasteiger partial charge in [0.25, 0.3) is 0 Å². The van der Waals surface area contributed by atoms with Gasteiger partial charge in [-0.2, -0.15) is 0 Å². The molecule has 0 aliphatic rings. The van der Waals surface area contributed by atoms with E-state index in [1.807, 2.05) is 127 Å². The van der Waals surface area contributed by atoms with E-state index in [4.69, 9.17) is 53.4 Å². The minimum atomic E-state index is -0.0446. The van der Waals surface area contributed by atoms with Crippen LogP contribution in [0.3, 0.4) is 0 Å². The lowest BCUT2D eigenvalue weighted by Gasteiger charge is -2.08. The van der Waals surface area contributed by atoms with Crippen LogP contribution in [0.4, 0.5) is 0 Å². The van der Waals surface area contributed by atoms with Crippen molar-refractivity contribution < 1.29 is 28.5 Å². The van der Waals surface area contributed by atoms with E-state index >= 15 is 0 Å². The van der Waals surface area contributed by atoms with Crippen LogP contribution >= 0.6 is 34.8 Å². The fraction of sp³-hybridized carbons (Fsp3) is 0.0213. The highest BCUT2D eigenvalue weighted by molar-refractivity contribution is 6.34. The highest BCUT2D eigenvalue weighted by atomic mass is 35.5. The first-order valence-corrected chi connectivity index (χ1v) is 19.6. The van der Waals surface area contributed by atoms with Gasteiger partial charge in [-0.25, -0.2) is 4.98 Å². The topological polar surface area (TPSA) is 138 Å². The Morgan fingerprint density at radius 1 is 0.567 bits per heavy atom. The van der Waals surface area contributed by atoms with Crippen LogP contribution in [0.1, 0.15) is 16.2 Å². The number of nitrogens with one attached hydrogen (secondary N) is 3. The Morgan fingerprint density at radius 2 is 1.02 bits per heavy atom. The normalized spacial score (nSPS) is 10.8. The molecule has 298 valence electrons. The van der Waals surface area contributed by atoms with Gasteiger partial charge in [0, 0.05) is 38.4 Å². The predicted octanol–water partition coefficient (Wildman–Crippen LogP) is 13.8. The molecule has 0 atom stereocenters. The highest BCUT2D eigenvalue weighted by Crippen LogP contribution is 2.40. The van der Waals surface area contributed by atoms with Crippen molar-refractivity contribution >= 4 is 73.8 Å². The molecule has 0 saturated carbocycles. The van der Waals surface area contributed by atoms with Gasteiger partial charge in [0.15, 0.2) is 35.7 Å². The molecule has 13 heteroatoms. The van der Waals surface area contributed by atoms with Gasteiger partial charge in [-0.05, 0) is 91.0 Å². The summed E-state index contributed by atoms with van der Waals surface area (Å²) in [5.41, 5.74) is 4.68. The Kier molecular flexibility index (Phi) is 12.2. The number of aliphatic hydroxyl groups is 1. The second-order valence-electron chi connectivity index (χ2n) is 13.1. The zero-order chi connectivity index (χ0) is 41.4. The van der Waals surface area contributed by atoms with E-state index in [-0.39, 0.29) is 6.61 Å². The standard InChI is InChI=1S/C17H11ClN2O2.C15H12ClNO2.C15H10ClNO2/c18-13-6-7-14-12(8-15(20-14)16-9-19-10-21-16)17(13)22-11-4-2-1-3-5-11;2*16-13-6-7-14-12(8-10(9-18)17-14)15(13)19-11-4-2-1-3-5-11/h1-10,20H;1-8,17-18H,9H2;1-9,17H. The molecule has 4 aromatic heterocycles. The van der Waals surface area contributed by atoms with Gasteiger partial charge in [-0.3, -0.25) is 4.79 Å². The third-order valence-corrected chi connectivity index (χ3v) is 9.97. The summed E-state index contributed by atoms with van der Waals surface area (Å²) in [6, 6.07) is 44.9. The molecule has 4 heterocycles. The molecule has 0 fully saturated rings. The number of carbonyl (C=O) groups is 1. The summed E-state index contributed by atoms with van der Waals surface area (Å²) in [4.78, 5) is 24.1. The van der Waals surface area contributed by atoms with Crippen LogP contribution in [0.15, 0.2) is 163 Å². The number of hydrogen-bond donors (Lipinski definition) is 4. The number of nitrogens with zero attached hydrogens (tertiary/aromatic N) is 1. The van der Waals surface area contributed by atoms with Crippen molar-refractivity contribution in [2.45, 2.75) is 6.61 Å². The van der Waals surface area contributed by atoms with E-state index in [1.165, 1.54) is 6.39 Å². The molecule has 4 N–H and O–H groups in total. The summed E-state index contributed by atoms with van der Waals surface area (Å²) in [5, 5.41) is 13.3. The molecular weight excluding hydrogens is 823 g/mol. The lowest BCUT2D eigenvalue weighted by atomic mass is 10.2. The average Bonchev–Trinajstić information content (AvgIpc) is 4.12. The molecule has 10 nitrogen and oxygen atoms in total. The third kappa shape index (κ3) is 9.02. The molecule has 0 bridgehead atoms. The summed E-state index contributed by atoms with van der Waals surface area (Å²) in [6.07, 6.45) is 3.82. The van der Waals surface area contributed by atoms with Crippen molar-refractivity contribution in [1.29, 1.82) is 0 Å². The largest absolute Gasteiger partial charge is 0.455 e. The van der Waals surface area contributed by atoms with Crippen LogP contribution in [0.25, 0.3) is 44.2 Å². The maximum atomic E-state index is 10.8. The minimum absolute atomic E-state index is 0.0446. The quantitative estimate of drug-likeness (QED) is 0.106. The molecule has 10 aromatic rings. The lowest BCUT2D eigenvalue weighted by molar-refractivity contribution is 0.111. The Hall–Kier alpha value is -6.95. The molecule has 0 aliphatic heterocycles. The number of aldehydes is 1. The second kappa shape index (κ2) is 18.3. The number of H-pyrrole nitrogens is 3. The number of benzene rings is 6.